The van der Waals surface area contributed by atoms with Crippen LogP contribution in [0.5, 0.6) is 0 Å². The van der Waals surface area contributed by atoms with E-state index >= 15 is 0 Å². The van der Waals surface area contributed by atoms with Crippen molar-refractivity contribution in [3.05, 3.63) is 45.6 Å². The smallest absolute Gasteiger partial charge is 0.311 e. The fraction of sp³-hybridized carbons (Fsp3) is 0.526. The van der Waals surface area contributed by atoms with Gasteiger partial charge in [0, 0.05) is 18.0 Å². The van der Waals surface area contributed by atoms with Gasteiger partial charge in [0.05, 0.1) is 5.92 Å². The monoisotopic (exact) mass is 425 g/mol. The van der Waals surface area contributed by atoms with Gasteiger partial charge < -0.3 is 4.74 Å². The van der Waals surface area contributed by atoms with E-state index in [2.05, 4.69) is 65.7 Å². The second-order valence-corrected chi connectivity index (χ2v) is 7.45. The van der Waals surface area contributed by atoms with Gasteiger partial charge >= 0.3 is 5.97 Å². The molecule has 2 bridgehead atoms. The minimum Gasteiger partial charge on any atom is -0.461 e. The van der Waals surface area contributed by atoms with E-state index in [1.807, 2.05) is 10.2 Å². The third-order valence-corrected chi connectivity index (χ3v) is 5.97. The number of fused-ring (bicyclic) bond motifs is 2. The van der Waals surface area contributed by atoms with Crippen LogP contribution < -0.4 is 0 Å². The van der Waals surface area contributed by atoms with Crippen LogP contribution >= 0.6 is 22.6 Å². The molecule has 0 radical (unpaired) electrons. The van der Waals surface area contributed by atoms with Gasteiger partial charge in [0.1, 0.15) is 6.61 Å². The lowest BCUT2D eigenvalue weighted by Crippen LogP contribution is -2.49. The Morgan fingerprint density at radius 2 is 2.09 bits per heavy atom. The van der Waals surface area contributed by atoms with Crippen LogP contribution in [-0.4, -0.2) is 36.6 Å². The lowest BCUT2D eigenvalue weighted by molar-refractivity contribution is -0.152. The van der Waals surface area contributed by atoms with Gasteiger partial charge in [0.15, 0.2) is 0 Å². The summed E-state index contributed by atoms with van der Waals surface area (Å²) in [5.41, 5.74) is 2.54. The lowest BCUT2D eigenvalue weighted by atomic mass is 9.76. The molecule has 23 heavy (non-hydrogen) atoms. The number of hydrogen-bond acceptors (Lipinski definition) is 3. The van der Waals surface area contributed by atoms with E-state index in [4.69, 9.17) is 4.74 Å². The molecule has 0 spiro atoms. The highest BCUT2D eigenvalue weighted by atomic mass is 127. The quantitative estimate of drug-likeness (QED) is 0.539. The molecule has 2 aliphatic rings. The van der Waals surface area contributed by atoms with Gasteiger partial charge in [-0.25, -0.2) is 0 Å². The maximum Gasteiger partial charge on any atom is 0.311 e. The number of hydrogen-bond donors (Lipinski definition) is 0. The molecule has 3 rings (SSSR count). The largest absolute Gasteiger partial charge is 0.461 e. The van der Waals surface area contributed by atoms with Crippen LogP contribution in [0.25, 0.3) is 0 Å². The van der Waals surface area contributed by atoms with Gasteiger partial charge in [-0.15, -0.1) is 0 Å². The van der Waals surface area contributed by atoms with Crippen molar-refractivity contribution >= 4 is 28.6 Å². The SMILES string of the molecule is Cc1ccc([C@H]2C[C@@H]3CC[C@H]([C@H]2C(=O)OC/C=C/I)N3C)cc1. The Balaban J connectivity index is 1.86. The molecule has 0 unspecified atom stereocenters. The summed E-state index contributed by atoms with van der Waals surface area (Å²) in [6.45, 7) is 2.48. The summed E-state index contributed by atoms with van der Waals surface area (Å²) >= 11 is 2.15. The van der Waals surface area contributed by atoms with E-state index in [1.54, 1.807) is 0 Å². The summed E-state index contributed by atoms with van der Waals surface area (Å²) in [4.78, 5) is 15.2. The van der Waals surface area contributed by atoms with Crippen molar-refractivity contribution in [1.29, 1.82) is 0 Å². The number of carbonyl (C=O) groups is 1. The zero-order valence-corrected chi connectivity index (χ0v) is 15.9. The Labute approximate surface area is 152 Å². The van der Waals surface area contributed by atoms with E-state index in [9.17, 15) is 4.79 Å². The van der Waals surface area contributed by atoms with Crippen molar-refractivity contribution in [1.82, 2.24) is 4.90 Å². The third kappa shape index (κ3) is 3.48. The first-order valence-corrected chi connectivity index (χ1v) is 9.56. The van der Waals surface area contributed by atoms with Gasteiger partial charge in [-0.2, -0.15) is 0 Å². The first-order valence-electron chi connectivity index (χ1n) is 8.32. The molecule has 2 aliphatic heterocycles. The fourth-order valence-corrected chi connectivity index (χ4v) is 4.41. The zero-order valence-electron chi connectivity index (χ0n) is 13.7. The maximum absolute atomic E-state index is 12.8. The number of esters is 1. The highest BCUT2D eigenvalue weighted by Gasteiger charge is 2.49. The predicted molar refractivity (Wildman–Crippen MR) is 101 cm³/mol. The topological polar surface area (TPSA) is 29.5 Å². The molecule has 1 aromatic carbocycles. The summed E-state index contributed by atoms with van der Waals surface area (Å²) in [7, 11) is 2.17. The van der Waals surface area contributed by atoms with Crippen molar-refractivity contribution in [3.63, 3.8) is 0 Å². The second-order valence-electron chi connectivity index (χ2n) is 6.73. The molecule has 0 aromatic heterocycles. The van der Waals surface area contributed by atoms with E-state index in [0.29, 0.717) is 18.7 Å². The molecular weight excluding hydrogens is 401 g/mol. The summed E-state index contributed by atoms with van der Waals surface area (Å²) in [5.74, 6) is 0.187. The van der Waals surface area contributed by atoms with E-state index in [1.165, 1.54) is 17.5 Å². The van der Waals surface area contributed by atoms with Gasteiger partial charge in [-0.05, 0) is 49.0 Å². The van der Waals surface area contributed by atoms with Crippen LogP contribution in [-0.2, 0) is 9.53 Å². The summed E-state index contributed by atoms with van der Waals surface area (Å²) in [6.07, 6.45) is 5.23. The van der Waals surface area contributed by atoms with Crippen molar-refractivity contribution < 1.29 is 9.53 Å². The van der Waals surface area contributed by atoms with Crippen molar-refractivity contribution in [3.8, 4) is 0 Å². The first kappa shape index (κ1) is 17.0. The summed E-state index contributed by atoms with van der Waals surface area (Å²) < 4.78 is 7.43. The van der Waals surface area contributed by atoms with Crippen molar-refractivity contribution in [2.75, 3.05) is 13.7 Å². The maximum atomic E-state index is 12.8. The predicted octanol–water partition coefficient (Wildman–Crippen LogP) is 4.05. The zero-order chi connectivity index (χ0) is 16.4. The number of halogens is 1. The molecule has 2 saturated heterocycles. The van der Waals surface area contributed by atoms with Crippen LogP contribution in [0.4, 0.5) is 0 Å². The number of carbonyl (C=O) groups excluding carboxylic acids is 1. The summed E-state index contributed by atoms with van der Waals surface area (Å²) in [6, 6.07) is 9.60. The Morgan fingerprint density at radius 3 is 2.78 bits per heavy atom. The van der Waals surface area contributed by atoms with Crippen molar-refractivity contribution in [2.45, 2.75) is 44.2 Å². The van der Waals surface area contributed by atoms with Crippen LogP contribution in [0, 0.1) is 12.8 Å². The fourth-order valence-electron chi connectivity index (χ4n) is 4.21. The normalized spacial score (nSPS) is 30.7. The van der Waals surface area contributed by atoms with Gasteiger partial charge in [-0.1, -0.05) is 52.4 Å². The first-order chi connectivity index (χ1) is 11.1. The summed E-state index contributed by atoms with van der Waals surface area (Å²) in [5, 5.41) is 0. The minimum absolute atomic E-state index is 0.0396. The highest BCUT2D eigenvalue weighted by molar-refractivity contribution is 14.1. The molecule has 0 aliphatic carbocycles. The minimum atomic E-state index is -0.0518. The Bertz CT molecular complexity index is 584. The third-order valence-electron chi connectivity index (χ3n) is 5.46. The average Bonchev–Trinajstić information content (AvgIpc) is 2.78. The Hall–Kier alpha value is -0.880. The van der Waals surface area contributed by atoms with Gasteiger partial charge in [0.25, 0.3) is 0 Å². The molecule has 4 heteroatoms. The molecule has 0 amide bonds. The molecule has 3 nitrogen and oxygen atoms in total. The lowest BCUT2D eigenvalue weighted by Gasteiger charge is -2.41. The Kier molecular flexibility index (Phi) is 5.42. The van der Waals surface area contributed by atoms with Crippen LogP contribution in [0.3, 0.4) is 0 Å². The molecule has 0 saturated carbocycles. The number of ether oxygens (including phenoxy) is 1. The van der Waals surface area contributed by atoms with E-state index in [-0.39, 0.29) is 17.8 Å². The second kappa shape index (κ2) is 7.34. The molecular formula is C19H24INO2. The number of benzene rings is 1. The van der Waals surface area contributed by atoms with E-state index in [0.717, 1.165) is 12.8 Å². The number of rotatable bonds is 4. The molecule has 2 heterocycles. The van der Waals surface area contributed by atoms with Gasteiger partial charge in [0.2, 0.25) is 0 Å². The number of aryl methyl sites for hydroxylation is 1. The number of nitrogens with zero attached hydrogens (tertiary/aromatic N) is 1. The molecule has 2 fully saturated rings. The molecule has 0 N–H and O–H groups in total. The van der Waals surface area contributed by atoms with Gasteiger partial charge in [-0.3, -0.25) is 9.69 Å². The van der Waals surface area contributed by atoms with E-state index < -0.39 is 0 Å². The van der Waals surface area contributed by atoms with Crippen LogP contribution in [0.2, 0.25) is 0 Å². The molecule has 4 atom stereocenters. The average molecular weight is 425 g/mol. The molecule has 1 aromatic rings. The standard InChI is InChI=1S/C19H24INO2/c1-13-4-6-14(7-5-13)16-12-15-8-9-17(21(15)2)18(16)19(22)23-11-3-10-20/h3-7,10,15-18H,8-9,11-12H2,1-2H3/b10-3+/t15-,16+,17+,18-/m0/s1. The van der Waals surface area contributed by atoms with Crippen LogP contribution in [0.1, 0.15) is 36.3 Å². The van der Waals surface area contributed by atoms with Crippen molar-refractivity contribution in [2.24, 2.45) is 5.92 Å². The Morgan fingerprint density at radius 1 is 1.35 bits per heavy atom. The number of piperidine rings is 1. The molecule has 124 valence electrons. The van der Waals surface area contributed by atoms with Crippen LogP contribution in [0.15, 0.2) is 34.4 Å². The highest BCUT2D eigenvalue weighted by Crippen LogP contribution is 2.46.